The molecule has 1 unspecified atom stereocenters. The van der Waals surface area contributed by atoms with E-state index in [-0.39, 0.29) is 17.7 Å². The van der Waals surface area contributed by atoms with Crippen molar-refractivity contribution in [1.82, 2.24) is 10.2 Å². The van der Waals surface area contributed by atoms with E-state index in [1.54, 1.807) is 13.2 Å². The van der Waals surface area contributed by atoms with Crippen LogP contribution >= 0.6 is 0 Å². The lowest BCUT2D eigenvalue weighted by Crippen LogP contribution is -2.29. The van der Waals surface area contributed by atoms with Crippen molar-refractivity contribution in [2.24, 2.45) is 5.92 Å². The van der Waals surface area contributed by atoms with Gasteiger partial charge in [0, 0.05) is 12.5 Å². The first-order valence-corrected chi connectivity index (χ1v) is 8.48. The van der Waals surface area contributed by atoms with Crippen LogP contribution in [-0.4, -0.2) is 37.6 Å². The molecule has 1 saturated carbocycles. The fourth-order valence-corrected chi connectivity index (χ4v) is 3.66. The van der Waals surface area contributed by atoms with Crippen molar-refractivity contribution < 1.29 is 13.2 Å². The van der Waals surface area contributed by atoms with E-state index in [0.29, 0.717) is 5.92 Å². The summed E-state index contributed by atoms with van der Waals surface area (Å²) in [7, 11) is -1.95. The molecule has 1 heterocycles. The second-order valence-electron chi connectivity index (χ2n) is 5.28. The van der Waals surface area contributed by atoms with Gasteiger partial charge in [-0.2, -0.15) is 0 Å². The van der Waals surface area contributed by atoms with Crippen molar-refractivity contribution in [3.05, 3.63) is 30.3 Å². The Labute approximate surface area is 123 Å². The zero-order valence-electron chi connectivity index (χ0n) is 11.7. The van der Waals surface area contributed by atoms with Crippen LogP contribution in [0, 0.1) is 5.92 Å². The Kier molecular flexibility index (Phi) is 3.77. The summed E-state index contributed by atoms with van der Waals surface area (Å²) in [4.78, 5) is 0. The van der Waals surface area contributed by atoms with Crippen LogP contribution in [0.15, 0.2) is 30.3 Å². The number of nitrogens with one attached hydrogen (secondary N) is 1. The molecule has 0 aliphatic heterocycles. The maximum Gasteiger partial charge on any atom is 0.236 e. The van der Waals surface area contributed by atoms with Crippen LogP contribution in [0.1, 0.15) is 12.8 Å². The van der Waals surface area contributed by atoms with Crippen LogP contribution in [0.2, 0.25) is 0 Å². The van der Waals surface area contributed by atoms with Gasteiger partial charge in [0.2, 0.25) is 10.0 Å². The van der Waals surface area contributed by atoms with Gasteiger partial charge in [-0.15, -0.1) is 10.2 Å². The van der Waals surface area contributed by atoms with Gasteiger partial charge in [0.15, 0.2) is 5.82 Å². The highest BCUT2D eigenvalue weighted by Gasteiger charge is 2.34. The maximum absolute atomic E-state index is 12.2. The van der Waals surface area contributed by atoms with E-state index in [9.17, 15) is 8.42 Å². The highest BCUT2D eigenvalue weighted by atomic mass is 32.2. The minimum Gasteiger partial charge on any atom is -0.380 e. The Morgan fingerprint density at radius 1 is 1.33 bits per heavy atom. The number of sulfonamides is 1. The summed E-state index contributed by atoms with van der Waals surface area (Å²) in [5.74, 6) is 0.538. The predicted octanol–water partition coefficient (Wildman–Crippen LogP) is 1.80. The first kappa shape index (κ1) is 14.2. The summed E-state index contributed by atoms with van der Waals surface area (Å²) in [5.41, 5.74) is 0.730. The molecular formula is C14H17N3O3S. The third-order valence-corrected chi connectivity index (χ3v) is 4.88. The SMILES string of the molecule is COC(CS(=O)(=O)Nc1cc2ccccc2nn1)C1CC1. The number of ether oxygens (including phenoxy) is 1. The van der Waals surface area contributed by atoms with Crippen LogP contribution in [0.5, 0.6) is 0 Å². The van der Waals surface area contributed by atoms with E-state index in [1.807, 2.05) is 24.3 Å². The predicted molar refractivity (Wildman–Crippen MR) is 80.5 cm³/mol. The monoisotopic (exact) mass is 307 g/mol. The van der Waals surface area contributed by atoms with Crippen molar-refractivity contribution >= 4 is 26.7 Å². The highest BCUT2D eigenvalue weighted by molar-refractivity contribution is 7.92. The van der Waals surface area contributed by atoms with Crippen molar-refractivity contribution in [2.75, 3.05) is 17.6 Å². The first-order chi connectivity index (χ1) is 10.1. The number of nitrogens with zero attached hydrogens (tertiary/aromatic N) is 2. The molecule has 1 aromatic heterocycles. The summed E-state index contributed by atoms with van der Waals surface area (Å²) in [6, 6.07) is 9.10. The molecule has 0 bridgehead atoms. The molecule has 1 aromatic carbocycles. The molecule has 1 N–H and O–H groups in total. The summed E-state index contributed by atoms with van der Waals surface area (Å²) < 4.78 is 32.1. The lowest BCUT2D eigenvalue weighted by Gasteiger charge is -2.15. The Morgan fingerprint density at radius 2 is 2.10 bits per heavy atom. The molecule has 0 saturated heterocycles. The van der Waals surface area contributed by atoms with E-state index in [2.05, 4.69) is 14.9 Å². The van der Waals surface area contributed by atoms with Crippen molar-refractivity contribution in [1.29, 1.82) is 0 Å². The van der Waals surface area contributed by atoms with Crippen molar-refractivity contribution in [3.63, 3.8) is 0 Å². The van der Waals surface area contributed by atoms with Crippen LogP contribution in [0.4, 0.5) is 5.82 Å². The molecule has 112 valence electrons. The van der Waals surface area contributed by atoms with Crippen LogP contribution in [0.25, 0.3) is 10.9 Å². The first-order valence-electron chi connectivity index (χ1n) is 6.83. The Bertz CT molecular complexity index is 744. The summed E-state index contributed by atoms with van der Waals surface area (Å²) >= 11 is 0. The van der Waals surface area contributed by atoms with Crippen molar-refractivity contribution in [3.8, 4) is 0 Å². The number of aromatic nitrogens is 2. The normalized spacial score (nSPS) is 16.8. The number of hydrogen-bond acceptors (Lipinski definition) is 5. The molecule has 6 nitrogen and oxygen atoms in total. The molecule has 2 aromatic rings. The molecule has 0 radical (unpaired) electrons. The van der Waals surface area contributed by atoms with E-state index >= 15 is 0 Å². The number of rotatable bonds is 6. The third kappa shape index (κ3) is 3.48. The van der Waals surface area contributed by atoms with Gasteiger partial charge < -0.3 is 4.74 Å². The summed E-state index contributed by atoms with van der Waals surface area (Å²) in [6.45, 7) is 0. The van der Waals surface area contributed by atoms with Gasteiger partial charge in [0.05, 0.1) is 17.4 Å². The molecule has 7 heteroatoms. The average Bonchev–Trinajstić information content (AvgIpc) is 3.29. The zero-order chi connectivity index (χ0) is 14.9. The molecular weight excluding hydrogens is 290 g/mol. The molecule has 0 amide bonds. The number of anilines is 1. The quantitative estimate of drug-likeness (QED) is 0.880. The molecule has 1 aliphatic carbocycles. The topological polar surface area (TPSA) is 81.2 Å². The third-order valence-electron chi connectivity index (χ3n) is 3.59. The average molecular weight is 307 g/mol. The zero-order valence-corrected chi connectivity index (χ0v) is 12.5. The summed E-state index contributed by atoms with van der Waals surface area (Å²) in [5, 5.41) is 8.75. The number of methoxy groups -OCH3 is 1. The lowest BCUT2D eigenvalue weighted by molar-refractivity contribution is 0.103. The second kappa shape index (κ2) is 5.57. The second-order valence-corrected chi connectivity index (χ2v) is 7.05. The minimum atomic E-state index is -3.50. The highest BCUT2D eigenvalue weighted by Crippen LogP contribution is 2.34. The molecule has 1 aliphatic rings. The van der Waals surface area contributed by atoms with E-state index in [4.69, 9.17) is 4.74 Å². The number of benzene rings is 1. The van der Waals surface area contributed by atoms with Gasteiger partial charge >= 0.3 is 0 Å². The van der Waals surface area contributed by atoms with Crippen LogP contribution in [-0.2, 0) is 14.8 Å². The fraction of sp³-hybridized carbons (Fsp3) is 0.429. The van der Waals surface area contributed by atoms with E-state index in [1.165, 1.54) is 0 Å². The maximum atomic E-state index is 12.2. The van der Waals surface area contributed by atoms with Crippen LogP contribution < -0.4 is 4.72 Å². The number of fused-ring (bicyclic) bond motifs is 1. The van der Waals surface area contributed by atoms with Crippen molar-refractivity contribution in [2.45, 2.75) is 18.9 Å². The molecule has 1 fully saturated rings. The van der Waals surface area contributed by atoms with Gasteiger partial charge in [-0.3, -0.25) is 4.72 Å². The standard InChI is InChI=1S/C14H17N3O3S/c1-20-13(10-6-7-10)9-21(18,19)17-14-8-11-4-2-3-5-12(11)15-16-14/h2-5,8,10,13H,6-7,9H2,1H3,(H,16,17). The summed E-state index contributed by atoms with van der Waals surface area (Å²) in [6.07, 6.45) is 1.81. The molecule has 1 atom stereocenters. The molecule has 21 heavy (non-hydrogen) atoms. The Balaban J connectivity index is 1.76. The lowest BCUT2D eigenvalue weighted by atomic mass is 10.2. The Hall–Kier alpha value is -1.73. The van der Waals surface area contributed by atoms with Gasteiger partial charge in [0.1, 0.15) is 0 Å². The van der Waals surface area contributed by atoms with Gasteiger partial charge in [-0.25, -0.2) is 8.42 Å². The van der Waals surface area contributed by atoms with Gasteiger partial charge in [-0.05, 0) is 30.9 Å². The number of hydrogen-bond donors (Lipinski definition) is 1. The minimum absolute atomic E-state index is 0.0529. The van der Waals surface area contributed by atoms with E-state index in [0.717, 1.165) is 23.7 Å². The van der Waals surface area contributed by atoms with E-state index < -0.39 is 10.0 Å². The Morgan fingerprint density at radius 3 is 2.81 bits per heavy atom. The fourth-order valence-electron chi connectivity index (χ4n) is 2.32. The smallest absolute Gasteiger partial charge is 0.236 e. The van der Waals surface area contributed by atoms with Gasteiger partial charge in [-0.1, -0.05) is 18.2 Å². The molecule has 3 rings (SSSR count). The van der Waals surface area contributed by atoms with Crippen LogP contribution in [0.3, 0.4) is 0 Å². The van der Waals surface area contributed by atoms with Gasteiger partial charge in [0.25, 0.3) is 0 Å². The molecule has 0 spiro atoms. The largest absolute Gasteiger partial charge is 0.380 e.